The van der Waals surface area contributed by atoms with Crippen molar-refractivity contribution in [3.8, 4) is 0 Å². The molecule has 172 valence electrons. The molecule has 1 amide bonds. The van der Waals surface area contributed by atoms with Gasteiger partial charge in [-0.25, -0.2) is 0 Å². The summed E-state index contributed by atoms with van der Waals surface area (Å²) < 4.78 is 0. The van der Waals surface area contributed by atoms with Gasteiger partial charge in [-0.2, -0.15) is 15.0 Å². The number of anilines is 5. The molecule has 4 aromatic rings. The Bertz CT molecular complexity index is 1190. The highest BCUT2D eigenvalue weighted by Gasteiger charge is 2.11. The summed E-state index contributed by atoms with van der Waals surface area (Å²) in [4.78, 5) is 26.0. The van der Waals surface area contributed by atoms with Gasteiger partial charge >= 0.3 is 0 Å². The lowest BCUT2D eigenvalue weighted by Gasteiger charge is -2.11. The molecule has 34 heavy (non-hydrogen) atoms. The van der Waals surface area contributed by atoms with Gasteiger partial charge in [-0.3, -0.25) is 4.79 Å². The molecular formula is C26H26N6OS. The molecule has 0 unspecified atom stereocenters. The number of benzene rings is 3. The Morgan fingerprint density at radius 1 is 0.647 bits per heavy atom. The Labute approximate surface area is 203 Å². The van der Waals surface area contributed by atoms with E-state index in [1.807, 2.05) is 93.6 Å². The van der Waals surface area contributed by atoms with Crippen molar-refractivity contribution in [1.82, 2.24) is 15.0 Å². The first-order valence-electron chi connectivity index (χ1n) is 10.9. The van der Waals surface area contributed by atoms with Crippen LogP contribution in [0.25, 0.3) is 0 Å². The van der Waals surface area contributed by atoms with E-state index in [2.05, 4.69) is 30.9 Å². The van der Waals surface area contributed by atoms with Gasteiger partial charge in [-0.05, 0) is 57.2 Å². The maximum atomic E-state index is 12.5. The van der Waals surface area contributed by atoms with Gasteiger partial charge < -0.3 is 16.0 Å². The zero-order valence-corrected chi connectivity index (χ0v) is 20.1. The van der Waals surface area contributed by atoms with E-state index < -0.39 is 0 Å². The van der Waals surface area contributed by atoms with Gasteiger partial charge in [0.25, 0.3) is 0 Å². The Hall–Kier alpha value is -3.91. The molecule has 0 bridgehead atoms. The average Bonchev–Trinajstić information content (AvgIpc) is 2.82. The summed E-state index contributed by atoms with van der Waals surface area (Å²) in [6, 6.07) is 23.6. The molecule has 0 aliphatic rings. The van der Waals surface area contributed by atoms with Crippen molar-refractivity contribution < 1.29 is 4.79 Å². The maximum absolute atomic E-state index is 12.5. The van der Waals surface area contributed by atoms with E-state index in [0.717, 1.165) is 22.6 Å². The van der Waals surface area contributed by atoms with Gasteiger partial charge in [-0.1, -0.05) is 64.9 Å². The minimum atomic E-state index is -0.129. The fraction of sp³-hybridized carbons (Fsp3) is 0.154. The number of amides is 1. The lowest BCUT2D eigenvalue weighted by atomic mass is 10.2. The van der Waals surface area contributed by atoms with E-state index in [0.29, 0.717) is 17.1 Å². The number of carbonyl (C=O) groups is 1. The Morgan fingerprint density at radius 3 is 1.50 bits per heavy atom. The third-order valence-corrected chi connectivity index (χ3v) is 5.75. The predicted octanol–water partition coefficient (Wildman–Crippen LogP) is 6.01. The van der Waals surface area contributed by atoms with Crippen molar-refractivity contribution in [2.45, 2.75) is 25.9 Å². The molecule has 3 N–H and O–H groups in total. The molecular weight excluding hydrogens is 444 g/mol. The summed E-state index contributed by atoms with van der Waals surface area (Å²) >= 11 is 1.25. The third-order valence-electron chi connectivity index (χ3n) is 4.90. The minimum absolute atomic E-state index is 0.129. The first-order chi connectivity index (χ1) is 16.4. The van der Waals surface area contributed by atoms with Crippen molar-refractivity contribution in [2.24, 2.45) is 0 Å². The first-order valence-corrected chi connectivity index (χ1v) is 11.8. The first kappa shape index (κ1) is 23.3. The Balaban J connectivity index is 1.50. The van der Waals surface area contributed by atoms with E-state index in [-0.39, 0.29) is 11.7 Å². The molecule has 7 nitrogen and oxygen atoms in total. The largest absolute Gasteiger partial charge is 0.325 e. The second kappa shape index (κ2) is 10.8. The lowest BCUT2D eigenvalue weighted by molar-refractivity contribution is -0.113. The number of hydrogen-bond donors (Lipinski definition) is 3. The van der Waals surface area contributed by atoms with E-state index in [4.69, 9.17) is 0 Å². The number of carbonyl (C=O) groups excluding carboxylic acids is 1. The van der Waals surface area contributed by atoms with E-state index in [1.54, 1.807) is 0 Å². The number of aromatic nitrogens is 3. The standard InChI is InChI=1S/C26H26N6OS/c1-17-4-10-20(11-5-17)27-23(33)16-34-26-31-24(28-21-12-6-18(2)7-13-21)30-25(32-26)29-22-14-8-19(3)9-15-22/h4-15H,16H2,1-3H3,(H,27,33)(H2,28,29,30,31,32). The average molecular weight is 471 g/mol. The van der Waals surface area contributed by atoms with Crippen LogP contribution in [0.1, 0.15) is 16.7 Å². The topological polar surface area (TPSA) is 91.8 Å². The number of thioether (sulfide) groups is 1. The lowest BCUT2D eigenvalue weighted by Crippen LogP contribution is -2.14. The molecule has 3 aromatic carbocycles. The van der Waals surface area contributed by atoms with Crippen molar-refractivity contribution in [1.29, 1.82) is 0 Å². The van der Waals surface area contributed by atoms with E-state index >= 15 is 0 Å². The molecule has 0 atom stereocenters. The van der Waals surface area contributed by atoms with Gasteiger partial charge in [0.15, 0.2) is 5.16 Å². The molecule has 8 heteroatoms. The molecule has 0 saturated heterocycles. The summed E-state index contributed by atoms with van der Waals surface area (Å²) in [6.07, 6.45) is 0. The van der Waals surface area contributed by atoms with Gasteiger partial charge in [0.2, 0.25) is 17.8 Å². The second-order valence-electron chi connectivity index (χ2n) is 7.95. The minimum Gasteiger partial charge on any atom is -0.325 e. The van der Waals surface area contributed by atoms with Crippen molar-refractivity contribution >= 4 is 46.6 Å². The molecule has 1 aromatic heterocycles. The summed E-state index contributed by atoms with van der Waals surface area (Å²) in [5.74, 6) is 0.839. The number of nitrogens with zero attached hydrogens (tertiary/aromatic N) is 3. The van der Waals surface area contributed by atoms with Gasteiger partial charge in [0.05, 0.1) is 5.75 Å². The molecule has 0 aliphatic carbocycles. The fourth-order valence-corrected chi connectivity index (χ4v) is 3.66. The predicted molar refractivity (Wildman–Crippen MR) is 139 cm³/mol. The van der Waals surface area contributed by atoms with Crippen LogP contribution in [0.2, 0.25) is 0 Å². The Kier molecular flexibility index (Phi) is 7.39. The van der Waals surface area contributed by atoms with Crippen LogP contribution >= 0.6 is 11.8 Å². The second-order valence-corrected chi connectivity index (χ2v) is 8.89. The monoisotopic (exact) mass is 470 g/mol. The summed E-state index contributed by atoms with van der Waals surface area (Å²) in [6.45, 7) is 6.08. The molecule has 0 spiro atoms. The summed E-state index contributed by atoms with van der Waals surface area (Å²) in [5.41, 5.74) is 5.96. The normalized spacial score (nSPS) is 10.6. The zero-order chi connectivity index (χ0) is 23.9. The van der Waals surface area contributed by atoms with Crippen LogP contribution < -0.4 is 16.0 Å². The van der Waals surface area contributed by atoms with Crippen LogP contribution in [0.3, 0.4) is 0 Å². The van der Waals surface area contributed by atoms with Gasteiger partial charge in [-0.15, -0.1) is 0 Å². The Morgan fingerprint density at radius 2 is 1.06 bits per heavy atom. The fourth-order valence-electron chi connectivity index (χ4n) is 3.03. The summed E-state index contributed by atoms with van der Waals surface area (Å²) in [5, 5.41) is 9.79. The number of aryl methyl sites for hydroxylation is 3. The highest BCUT2D eigenvalue weighted by atomic mass is 32.2. The quantitative estimate of drug-likeness (QED) is 0.271. The van der Waals surface area contributed by atoms with Crippen LogP contribution in [0, 0.1) is 20.8 Å². The molecule has 0 fully saturated rings. The van der Waals surface area contributed by atoms with Crippen LogP contribution in [0.5, 0.6) is 0 Å². The number of hydrogen-bond acceptors (Lipinski definition) is 7. The van der Waals surface area contributed by atoms with Crippen molar-refractivity contribution in [2.75, 3.05) is 21.7 Å². The van der Waals surface area contributed by atoms with Crippen LogP contribution in [0.4, 0.5) is 29.0 Å². The van der Waals surface area contributed by atoms with Crippen LogP contribution in [-0.4, -0.2) is 26.6 Å². The van der Waals surface area contributed by atoms with Crippen LogP contribution in [-0.2, 0) is 4.79 Å². The van der Waals surface area contributed by atoms with Crippen LogP contribution in [0.15, 0.2) is 78.0 Å². The maximum Gasteiger partial charge on any atom is 0.234 e. The van der Waals surface area contributed by atoms with Crippen molar-refractivity contribution in [3.63, 3.8) is 0 Å². The molecule has 0 aliphatic heterocycles. The SMILES string of the molecule is Cc1ccc(NC(=O)CSc2nc(Nc3ccc(C)cc3)nc(Nc3ccc(C)cc3)n2)cc1. The summed E-state index contributed by atoms with van der Waals surface area (Å²) in [7, 11) is 0. The zero-order valence-electron chi connectivity index (χ0n) is 19.3. The molecule has 4 rings (SSSR count). The highest BCUT2D eigenvalue weighted by molar-refractivity contribution is 7.99. The smallest absolute Gasteiger partial charge is 0.234 e. The van der Waals surface area contributed by atoms with Crippen molar-refractivity contribution in [3.05, 3.63) is 89.5 Å². The molecule has 0 saturated carbocycles. The van der Waals surface area contributed by atoms with E-state index in [1.165, 1.54) is 22.9 Å². The highest BCUT2D eigenvalue weighted by Crippen LogP contribution is 2.22. The number of nitrogens with one attached hydrogen (secondary N) is 3. The van der Waals surface area contributed by atoms with Gasteiger partial charge in [0, 0.05) is 17.1 Å². The molecule has 0 radical (unpaired) electrons. The number of rotatable bonds is 8. The molecule has 1 heterocycles. The van der Waals surface area contributed by atoms with E-state index in [9.17, 15) is 4.79 Å². The third kappa shape index (κ3) is 6.79. The van der Waals surface area contributed by atoms with Gasteiger partial charge in [0.1, 0.15) is 0 Å².